The maximum absolute atomic E-state index is 12.5. The second-order valence-corrected chi connectivity index (χ2v) is 8.61. The highest BCUT2D eigenvalue weighted by Crippen LogP contribution is 2.44. The summed E-state index contributed by atoms with van der Waals surface area (Å²) in [6.07, 6.45) is -1.38. The molecule has 1 aliphatic rings. The van der Waals surface area contributed by atoms with Crippen LogP contribution in [0.1, 0.15) is 51.2 Å². The molecule has 0 aromatic heterocycles. The first kappa shape index (κ1) is 21.8. The van der Waals surface area contributed by atoms with E-state index in [4.69, 9.17) is 9.47 Å². The van der Waals surface area contributed by atoms with Crippen molar-refractivity contribution in [3.8, 4) is 11.1 Å². The Morgan fingerprint density at radius 2 is 1.57 bits per heavy atom. The van der Waals surface area contributed by atoms with Crippen molar-refractivity contribution in [2.75, 3.05) is 6.61 Å². The van der Waals surface area contributed by atoms with E-state index in [9.17, 15) is 14.7 Å². The molecule has 3 rings (SSSR count). The van der Waals surface area contributed by atoms with Crippen LogP contribution >= 0.6 is 0 Å². The lowest BCUT2D eigenvalue weighted by molar-refractivity contribution is -0.139. The molecule has 6 nitrogen and oxygen atoms in total. The first-order chi connectivity index (χ1) is 14.2. The fourth-order valence-electron chi connectivity index (χ4n) is 3.95. The number of carbonyl (C=O) groups is 2. The molecule has 30 heavy (non-hydrogen) atoms. The number of benzene rings is 2. The molecule has 1 aliphatic carbocycles. The number of rotatable bonds is 7. The number of alkyl carbamates (subject to hydrolysis) is 1. The van der Waals surface area contributed by atoms with E-state index in [0.717, 1.165) is 22.3 Å². The molecule has 0 aliphatic heterocycles. The SMILES string of the molecule is C[C@H](OC(C)(C)C)[C@@H](CC(=O)O)NC(=O)OCC1c2ccccc2-c2ccccc21. The van der Waals surface area contributed by atoms with E-state index in [1.54, 1.807) is 6.92 Å². The molecule has 0 fully saturated rings. The second kappa shape index (κ2) is 8.88. The van der Waals surface area contributed by atoms with Gasteiger partial charge in [-0.2, -0.15) is 0 Å². The first-order valence-electron chi connectivity index (χ1n) is 10.2. The average molecular weight is 411 g/mol. The lowest BCUT2D eigenvalue weighted by Crippen LogP contribution is -2.47. The fourth-order valence-corrected chi connectivity index (χ4v) is 3.95. The molecule has 1 amide bonds. The highest BCUT2D eigenvalue weighted by molar-refractivity contribution is 5.79. The van der Waals surface area contributed by atoms with Gasteiger partial charge in [0.2, 0.25) is 0 Å². The van der Waals surface area contributed by atoms with E-state index in [0.29, 0.717) is 0 Å². The van der Waals surface area contributed by atoms with Crippen LogP contribution in [-0.4, -0.2) is 41.5 Å². The third-order valence-corrected chi connectivity index (χ3v) is 5.15. The summed E-state index contributed by atoms with van der Waals surface area (Å²) in [6.45, 7) is 7.58. The van der Waals surface area contributed by atoms with Crippen LogP contribution in [-0.2, 0) is 14.3 Å². The smallest absolute Gasteiger partial charge is 0.407 e. The van der Waals surface area contributed by atoms with Gasteiger partial charge in [-0.05, 0) is 49.9 Å². The van der Waals surface area contributed by atoms with Crippen LogP contribution in [0.25, 0.3) is 11.1 Å². The van der Waals surface area contributed by atoms with Crippen molar-refractivity contribution in [3.05, 3.63) is 59.7 Å². The predicted octanol–water partition coefficient (Wildman–Crippen LogP) is 4.57. The van der Waals surface area contributed by atoms with E-state index in [-0.39, 0.29) is 18.9 Å². The number of carbonyl (C=O) groups excluding carboxylic acids is 1. The first-order valence-corrected chi connectivity index (χ1v) is 10.2. The average Bonchev–Trinajstić information content (AvgIpc) is 2.98. The molecule has 0 saturated heterocycles. The molecule has 0 heterocycles. The third-order valence-electron chi connectivity index (χ3n) is 5.15. The van der Waals surface area contributed by atoms with E-state index in [1.165, 1.54) is 0 Å². The second-order valence-electron chi connectivity index (χ2n) is 8.61. The molecule has 2 atom stereocenters. The summed E-state index contributed by atoms with van der Waals surface area (Å²) >= 11 is 0. The third kappa shape index (κ3) is 5.19. The van der Waals surface area contributed by atoms with Crippen molar-refractivity contribution < 1.29 is 24.2 Å². The fraction of sp³-hybridized carbons (Fsp3) is 0.417. The van der Waals surface area contributed by atoms with Crippen molar-refractivity contribution >= 4 is 12.1 Å². The minimum Gasteiger partial charge on any atom is -0.481 e. The molecule has 2 N–H and O–H groups in total. The monoisotopic (exact) mass is 411 g/mol. The standard InChI is InChI=1S/C24H29NO5/c1-15(30-24(2,3)4)21(13-22(26)27)25-23(28)29-14-20-18-11-7-5-9-16(18)17-10-6-8-12-19(17)20/h5-12,15,20-21H,13-14H2,1-4H3,(H,25,28)(H,26,27)/t15-,21+/m0/s1. The Labute approximate surface area is 177 Å². The summed E-state index contributed by atoms with van der Waals surface area (Å²) in [5.41, 5.74) is 4.09. The van der Waals surface area contributed by atoms with Gasteiger partial charge in [-0.15, -0.1) is 0 Å². The van der Waals surface area contributed by atoms with Gasteiger partial charge in [0.15, 0.2) is 0 Å². The van der Waals surface area contributed by atoms with Crippen molar-refractivity contribution in [2.45, 2.75) is 57.8 Å². The highest BCUT2D eigenvalue weighted by Gasteiger charge is 2.31. The van der Waals surface area contributed by atoms with Crippen LogP contribution in [0, 0.1) is 0 Å². The molecule has 0 spiro atoms. The molecule has 0 saturated carbocycles. The van der Waals surface area contributed by atoms with Crippen molar-refractivity contribution in [1.29, 1.82) is 0 Å². The minimum atomic E-state index is -1.01. The highest BCUT2D eigenvalue weighted by atomic mass is 16.6. The number of ether oxygens (including phenoxy) is 2. The van der Waals surface area contributed by atoms with Gasteiger partial charge in [0.05, 0.1) is 24.2 Å². The Bertz CT molecular complexity index is 872. The maximum atomic E-state index is 12.5. The van der Waals surface area contributed by atoms with Gasteiger partial charge < -0.3 is 19.9 Å². The molecule has 0 bridgehead atoms. The molecule has 0 unspecified atom stereocenters. The van der Waals surface area contributed by atoms with Crippen LogP contribution in [0.4, 0.5) is 4.79 Å². The van der Waals surface area contributed by atoms with Crippen LogP contribution in [0.5, 0.6) is 0 Å². The summed E-state index contributed by atoms with van der Waals surface area (Å²) < 4.78 is 11.4. The van der Waals surface area contributed by atoms with Crippen LogP contribution in [0.2, 0.25) is 0 Å². The minimum absolute atomic E-state index is 0.0516. The number of carboxylic acids is 1. The van der Waals surface area contributed by atoms with Gasteiger partial charge in [0.25, 0.3) is 0 Å². The molecule has 6 heteroatoms. The number of nitrogens with one attached hydrogen (secondary N) is 1. The molecule has 2 aromatic rings. The van der Waals surface area contributed by atoms with Crippen LogP contribution < -0.4 is 5.32 Å². The molecule has 0 radical (unpaired) electrons. The molecular weight excluding hydrogens is 382 g/mol. The predicted molar refractivity (Wildman–Crippen MR) is 115 cm³/mol. The Kier molecular flexibility index (Phi) is 6.46. The van der Waals surface area contributed by atoms with Crippen molar-refractivity contribution in [1.82, 2.24) is 5.32 Å². The zero-order valence-electron chi connectivity index (χ0n) is 17.8. The van der Waals surface area contributed by atoms with Crippen LogP contribution in [0.3, 0.4) is 0 Å². The summed E-state index contributed by atoms with van der Waals surface area (Å²) in [5, 5.41) is 11.9. The largest absolute Gasteiger partial charge is 0.481 e. The van der Waals surface area contributed by atoms with Crippen molar-refractivity contribution in [2.24, 2.45) is 0 Å². The normalized spacial score (nSPS) is 15.1. The summed E-state index contributed by atoms with van der Waals surface area (Å²) in [6, 6.07) is 15.5. The number of hydrogen-bond acceptors (Lipinski definition) is 4. The lowest BCUT2D eigenvalue weighted by atomic mass is 9.98. The van der Waals surface area contributed by atoms with E-state index >= 15 is 0 Å². The zero-order valence-corrected chi connectivity index (χ0v) is 17.8. The number of amides is 1. The van der Waals surface area contributed by atoms with Gasteiger partial charge in [0.1, 0.15) is 6.61 Å². The maximum Gasteiger partial charge on any atom is 0.407 e. The number of hydrogen-bond donors (Lipinski definition) is 2. The van der Waals surface area contributed by atoms with Crippen molar-refractivity contribution in [3.63, 3.8) is 0 Å². The Balaban J connectivity index is 1.68. The summed E-state index contributed by atoms with van der Waals surface area (Å²) in [4.78, 5) is 23.8. The van der Waals surface area contributed by atoms with Gasteiger partial charge in [-0.25, -0.2) is 4.79 Å². The number of carboxylic acid groups (broad SMARTS) is 1. The van der Waals surface area contributed by atoms with Gasteiger partial charge >= 0.3 is 12.1 Å². The van der Waals surface area contributed by atoms with Gasteiger partial charge in [-0.1, -0.05) is 48.5 Å². The molecule has 160 valence electrons. The van der Waals surface area contributed by atoms with Gasteiger partial charge in [0, 0.05) is 5.92 Å². The Hall–Kier alpha value is -2.86. The Morgan fingerprint density at radius 3 is 2.07 bits per heavy atom. The van der Waals surface area contributed by atoms with Crippen LogP contribution in [0.15, 0.2) is 48.5 Å². The topological polar surface area (TPSA) is 84.9 Å². The lowest BCUT2D eigenvalue weighted by Gasteiger charge is -2.30. The van der Waals surface area contributed by atoms with Gasteiger partial charge in [-0.3, -0.25) is 4.79 Å². The van der Waals surface area contributed by atoms with E-state index in [2.05, 4.69) is 17.4 Å². The zero-order chi connectivity index (χ0) is 21.9. The van der Waals surface area contributed by atoms with E-state index in [1.807, 2.05) is 57.2 Å². The molecular formula is C24H29NO5. The Morgan fingerprint density at radius 1 is 1.03 bits per heavy atom. The quantitative estimate of drug-likeness (QED) is 0.697. The van der Waals surface area contributed by atoms with E-state index < -0.39 is 29.8 Å². The number of aliphatic carboxylic acids is 1. The summed E-state index contributed by atoms with van der Waals surface area (Å²) in [5.74, 6) is -1.06. The molecule has 2 aromatic carbocycles. The number of fused-ring (bicyclic) bond motifs is 3. The summed E-state index contributed by atoms with van der Waals surface area (Å²) in [7, 11) is 0.